The van der Waals surface area contributed by atoms with Crippen LogP contribution in [0.15, 0.2) is 23.0 Å². The first kappa shape index (κ1) is 26.7. The molecule has 0 radical (unpaired) electrons. The molecule has 7 N–H and O–H groups in total. The highest BCUT2D eigenvalue weighted by Crippen LogP contribution is 2.53. The first-order chi connectivity index (χ1) is 17.7. The summed E-state index contributed by atoms with van der Waals surface area (Å²) in [5, 5.41) is 48.5. The molecule has 4 aliphatic rings. The van der Waals surface area contributed by atoms with Crippen molar-refractivity contribution in [1.82, 2.24) is 10.2 Å². The summed E-state index contributed by atoms with van der Waals surface area (Å²) in [6, 6.07) is 0.317. The Balaban J connectivity index is 1.62. The van der Waals surface area contributed by atoms with E-state index >= 15 is 0 Å². The number of likely N-dealkylation sites (N-methyl/N-ethyl adjacent to an activating group) is 1. The predicted octanol–water partition coefficient (Wildman–Crippen LogP) is 1.65. The van der Waals surface area contributed by atoms with E-state index < -0.39 is 58.0 Å². The van der Waals surface area contributed by atoms with Crippen molar-refractivity contribution in [2.75, 3.05) is 14.1 Å². The third kappa shape index (κ3) is 3.61. The average molecular weight is 546 g/mol. The smallest absolute Gasteiger partial charge is 0.255 e. The fourth-order valence-corrected chi connectivity index (χ4v) is 6.96. The number of fused-ring (bicyclic) bond motifs is 3. The number of rotatable bonds is 5. The molecule has 0 bridgehead atoms. The molecule has 2 saturated carbocycles. The van der Waals surface area contributed by atoms with E-state index in [1.54, 1.807) is 14.1 Å². The minimum absolute atomic E-state index is 0.00168. The van der Waals surface area contributed by atoms with Crippen molar-refractivity contribution in [2.24, 2.45) is 17.6 Å². The first-order valence-corrected chi connectivity index (χ1v) is 13.0. The molecule has 4 aliphatic carbocycles. The Morgan fingerprint density at radius 1 is 1.24 bits per heavy atom. The molecule has 4 atom stereocenters. The van der Waals surface area contributed by atoms with Crippen LogP contribution in [0.4, 0.5) is 0 Å². The fourth-order valence-electron chi connectivity index (χ4n) is 6.67. The van der Waals surface area contributed by atoms with E-state index in [4.69, 9.17) is 17.3 Å². The number of primary amides is 1. The second kappa shape index (κ2) is 8.81. The van der Waals surface area contributed by atoms with Crippen molar-refractivity contribution in [3.63, 3.8) is 0 Å². The molecule has 38 heavy (non-hydrogen) atoms. The summed E-state index contributed by atoms with van der Waals surface area (Å²) in [4.78, 5) is 40.5. The average Bonchev–Trinajstić information content (AvgIpc) is 2.81. The Hall–Kier alpha value is -2.92. The van der Waals surface area contributed by atoms with Gasteiger partial charge < -0.3 is 31.5 Å². The number of hydrogen-bond donors (Lipinski definition) is 6. The maximum Gasteiger partial charge on any atom is 0.255 e. The molecule has 0 unspecified atom stereocenters. The normalized spacial score (nSPS) is 30.1. The number of aromatic hydroxyl groups is 1. The Morgan fingerprint density at radius 2 is 1.89 bits per heavy atom. The zero-order valence-corrected chi connectivity index (χ0v) is 22.2. The number of carbonyl (C=O) groups is 3. The van der Waals surface area contributed by atoms with E-state index in [1.807, 2.05) is 0 Å². The molecule has 1 aromatic rings. The van der Waals surface area contributed by atoms with Gasteiger partial charge in [-0.3, -0.25) is 19.3 Å². The second-order valence-corrected chi connectivity index (χ2v) is 11.8. The minimum Gasteiger partial charge on any atom is -0.508 e. The molecule has 1 aromatic carbocycles. The Bertz CT molecular complexity index is 1350. The summed E-state index contributed by atoms with van der Waals surface area (Å²) in [5.41, 5.74) is 2.75. The molecule has 0 aromatic heterocycles. The number of carbonyl (C=O) groups excluding carboxylic acids is 3. The van der Waals surface area contributed by atoms with Crippen molar-refractivity contribution < 1.29 is 34.8 Å². The van der Waals surface area contributed by atoms with Gasteiger partial charge in [0, 0.05) is 28.6 Å². The lowest BCUT2D eigenvalue weighted by molar-refractivity contribution is -0.153. The number of ketones is 2. The van der Waals surface area contributed by atoms with Crippen molar-refractivity contribution in [2.45, 2.75) is 62.8 Å². The van der Waals surface area contributed by atoms with Crippen LogP contribution in [0.5, 0.6) is 5.75 Å². The number of aliphatic hydroxyl groups is 3. The molecular formula is C27H32ClN3O7. The number of Topliss-reactive ketones (excluding diaryl/α,β-unsaturated/α-hetero) is 2. The van der Waals surface area contributed by atoms with Gasteiger partial charge in [0.2, 0.25) is 5.78 Å². The van der Waals surface area contributed by atoms with Gasteiger partial charge in [0.1, 0.15) is 22.8 Å². The van der Waals surface area contributed by atoms with Gasteiger partial charge in [-0.1, -0.05) is 11.6 Å². The third-order valence-corrected chi connectivity index (χ3v) is 9.36. The molecular weight excluding hydrogens is 514 g/mol. The molecule has 0 aliphatic heterocycles. The van der Waals surface area contributed by atoms with Gasteiger partial charge in [-0.05, 0) is 76.2 Å². The molecule has 5 rings (SSSR count). The summed E-state index contributed by atoms with van der Waals surface area (Å²) in [6.45, 7) is 2.53. The topological polar surface area (TPSA) is 173 Å². The number of amides is 1. The van der Waals surface area contributed by atoms with Crippen LogP contribution in [0.3, 0.4) is 0 Å². The van der Waals surface area contributed by atoms with Gasteiger partial charge in [-0.25, -0.2) is 0 Å². The lowest BCUT2D eigenvalue weighted by atomic mass is 9.57. The van der Waals surface area contributed by atoms with Crippen molar-refractivity contribution >= 4 is 34.8 Å². The monoisotopic (exact) mass is 545 g/mol. The number of nitrogens with one attached hydrogen (secondary N) is 1. The van der Waals surface area contributed by atoms with E-state index in [0.29, 0.717) is 22.7 Å². The predicted molar refractivity (Wildman–Crippen MR) is 138 cm³/mol. The van der Waals surface area contributed by atoms with E-state index in [-0.39, 0.29) is 35.3 Å². The third-order valence-electron chi connectivity index (χ3n) is 8.89. The highest BCUT2D eigenvalue weighted by atomic mass is 35.5. The van der Waals surface area contributed by atoms with Crippen LogP contribution >= 0.6 is 11.6 Å². The van der Waals surface area contributed by atoms with Crippen LogP contribution in [0.1, 0.15) is 49.3 Å². The first-order valence-electron chi connectivity index (χ1n) is 12.7. The number of nitrogens with two attached hydrogens (primary N) is 1. The lowest BCUT2D eigenvalue weighted by Gasteiger charge is -2.50. The summed E-state index contributed by atoms with van der Waals surface area (Å²) in [6.07, 6.45) is 3.38. The molecule has 0 spiro atoms. The highest BCUT2D eigenvalue weighted by molar-refractivity contribution is 6.32. The SMILES string of the molecule is CN(C)[C@@H]1C(=O)C(C(N)=O)=C(O)[C@@]2(O)C(=O)C3=C(O)c4c(O)cc(CNC5(C)CCC5)c(Cl)c4C[C@H]3C[C@@H]12. The van der Waals surface area contributed by atoms with Crippen LogP contribution in [-0.2, 0) is 27.3 Å². The van der Waals surface area contributed by atoms with Crippen LogP contribution in [-0.4, -0.2) is 74.1 Å². The Kier molecular flexibility index (Phi) is 6.18. The molecule has 0 heterocycles. The van der Waals surface area contributed by atoms with Crippen LogP contribution < -0.4 is 11.1 Å². The quantitative estimate of drug-likeness (QED) is 0.301. The fraction of sp³-hybridized carbons (Fsp3) is 0.519. The largest absolute Gasteiger partial charge is 0.508 e. The zero-order valence-electron chi connectivity index (χ0n) is 21.5. The molecule has 1 amide bonds. The number of phenols is 1. The highest BCUT2D eigenvalue weighted by Gasteiger charge is 2.64. The Morgan fingerprint density at radius 3 is 2.45 bits per heavy atom. The van der Waals surface area contributed by atoms with Gasteiger partial charge in [0.15, 0.2) is 11.4 Å². The number of nitrogens with zero attached hydrogens (tertiary/aromatic N) is 1. The molecule has 2 fully saturated rings. The van der Waals surface area contributed by atoms with E-state index in [1.165, 1.54) is 11.0 Å². The number of benzene rings is 1. The molecule has 10 nitrogen and oxygen atoms in total. The summed E-state index contributed by atoms with van der Waals surface area (Å²) >= 11 is 6.79. The van der Waals surface area contributed by atoms with Gasteiger partial charge in [0.05, 0.1) is 11.6 Å². The molecule has 11 heteroatoms. The number of hydrogen-bond acceptors (Lipinski definition) is 9. The standard InChI is InChI=1S/C27H32ClN3O7/c1-26(5-4-6-26)30-10-12-9-15(32)17-13(19(12)28)7-11-8-14-20(31(2)3)22(34)18(25(29)37)24(36)27(14,38)23(35)16(11)21(17)33/h9,11,14,20,30,32-33,36,38H,4-8,10H2,1-3H3,(H2,29,37)/t11-,14-,20-,27-/m0/s1. The van der Waals surface area contributed by atoms with Gasteiger partial charge in [-0.15, -0.1) is 0 Å². The van der Waals surface area contributed by atoms with Crippen LogP contribution in [0.25, 0.3) is 5.76 Å². The van der Waals surface area contributed by atoms with Crippen molar-refractivity contribution in [3.8, 4) is 5.75 Å². The van der Waals surface area contributed by atoms with Crippen molar-refractivity contribution in [1.29, 1.82) is 0 Å². The number of phenolic OH excluding ortho intramolecular Hbond substituents is 1. The second-order valence-electron chi connectivity index (χ2n) is 11.5. The lowest BCUT2D eigenvalue weighted by Crippen LogP contribution is -2.65. The van der Waals surface area contributed by atoms with Gasteiger partial charge in [0.25, 0.3) is 5.91 Å². The Labute approximate surface area is 224 Å². The van der Waals surface area contributed by atoms with Crippen LogP contribution in [0, 0.1) is 11.8 Å². The van der Waals surface area contributed by atoms with Gasteiger partial charge >= 0.3 is 0 Å². The van der Waals surface area contributed by atoms with Gasteiger partial charge in [-0.2, -0.15) is 0 Å². The number of halogens is 1. The van der Waals surface area contributed by atoms with E-state index in [0.717, 1.165) is 19.3 Å². The van der Waals surface area contributed by atoms with Crippen LogP contribution in [0.2, 0.25) is 5.02 Å². The molecule has 204 valence electrons. The molecule has 0 saturated heterocycles. The summed E-state index contributed by atoms with van der Waals surface area (Å²) in [7, 11) is 3.12. The van der Waals surface area contributed by atoms with E-state index in [2.05, 4.69) is 12.2 Å². The summed E-state index contributed by atoms with van der Waals surface area (Å²) < 4.78 is 0. The van der Waals surface area contributed by atoms with E-state index in [9.17, 15) is 34.8 Å². The maximum absolute atomic E-state index is 13.8. The number of aliphatic hydroxyl groups excluding tert-OH is 2. The summed E-state index contributed by atoms with van der Waals surface area (Å²) in [5.74, 6) is -6.82. The van der Waals surface area contributed by atoms with Crippen molar-refractivity contribution in [3.05, 3.63) is 44.7 Å². The maximum atomic E-state index is 13.8. The minimum atomic E-state index is -2.66. The zero-order chi connectivity index (χ0) is 27.9.